The van der Waals surface area contributed by atoms with Gasteiger partial charge in [-0.3, -0.25) is 4.79 Å². The molecule has 4 nitrogen and oxygen atoms in total. The van der Waals surface area contributed by atoms with E-state index >= 15 is 0 Å². The van der Waals surface area contributed by atoms with Crippen LogP contribution in [0, 0.1) is 6.92 Å². The topological polar surface area (TPSA) is 55.4 Å². The van der Waals surface area contributed by atoms with E-state index < -0.39 is 5.97 Å². The number of nitrogens with one attached hydrogen (secondary N) is 1. The van der Waals surface area contributed by atoms with Gasteiger partial charge < -0.3 is 10.1 Å². The molecular weight excluding hydrogens is 334 g/mol. The van der Waals surface area contributed by atoms with Crippen LogP contribution in [0.3, 0.4) is 0 Å². The maximum absolute atomic E-state index is 11.8. The van der Waals surface area contributed by atoms with Crippen LogP contribution in [0.1, 0.15) is 16.7 Å². The van der Waals surface area contributed by atoms with Gasteiger partial charge in [-0.25, -0.2) is 4.79 Å². The van der Waals surface area contributed by atoms with Gasteiger partial charge in [-0.1, -0.05) is 36.4 Å². The summed E-state index contributed by atoms with van der Waals surface area (Å²) in [6, 6.07) is 15.6. The summed E-state index contributed by atoms with van der Waals surface area (Å²) in [4.78, 5) is 24.6. The van der Waals surface area contributed by atoms with Gasteiger partial charge in [0.1, 0.15) is 0 Å². The van der Waals surface area contributed by atoms with Crippen molar-refractivity contribution in [3.8, 4) is 0 Å². The van der Waals surface area contributed by atoms with Gasteiger partial charge in [0.2, 0.25) is 0 Å². The number of ether oxygens (including phenoxy) is 1. The molecule has 130 valence electrons. The first-order chi connectivity index (χ1) is 12.1. The summed E-state index contributed by atoms with van der Waals surface area (Å²) >= 11 is 1.66. The Morgan fingerprint density at radius 3 is 2.52 bits per heavy atom. The number of hydrogen-bond acceptors (Lipinski definition) is 4. The summed E-state index contributed by atoms with van der Waals surface area (Å²) in [6.45, 7) is 2.11. The SMILES string of the molecule is CSc1ccc(/C=C/C(=O)OCC(=O)NCc2ccccc2C)cc1. The van der Waals surface area contributed by atoms with Crippen LogP contribution in [0.2, 0.25) is 0 Å². The van der Waals surface area contributed by atoms with Crippen LogP contribution in [-0.4, -0.2) is 24.7 Å². The Bertz CT molecular complexity index is 754. The van der Waals surface area contributed by atoms with Crippen molar-refractivity contribution < 1.29 is 14.3 Å². The molecule has 0 radical (unpaired) electrons. The van der Waals surface area contributed by atoms with Gasteiger partial charge in [0.05, 0.1) is 0 Å². The third-order valence-corrected chi connectivity index (χ3v) is 4.35. The summed E-state index contributed by atoms with van der Waals surface area (Å²) < 4.78 is 4.95. The summed E-state index contributed by atoms with van der Waals surface area (Å²) in [5.74, 6) is -0.866. The van der Waals surface area contributed by atoms with Crippen molar-refractivity contribution in [3.63, 3.8) is 0 Å². The van der Waals surface area contributed by atoms with Crippen LogP contribution in [0.4, 0.5) is 0 Å². The highest BCUT2D eigenvalue weighted by Crippen LogP contribution is 2.15. The average Bonchev–Trinajstić information content (AvgIpc) is 2.64. The Hall–Kier alpha value is -2.53. The lowest BCUT2D eigenvalue weighted by molar-refractivity contribution is -0.143. The molecule has 0 spiro atoms. The largest absolute Gasteiger partial charge is 0.452 e. The molecular formula is C20H21NO3S. The number of carbonyl (C=O) groups excluding carboxylic acids is 2. The number of benzene rings is 2. The van der Waals surface area contributed by atoms with E-state index in [2.05, 4.69) is 5.32 Å². The highest BCUT2D eigenvalue weighted by atomic mass is 32.2. The highest BCUT2D eigenvalue weighted by molar-refractivity contribution is 7.98. The standard InChI is InChI=1S/C20H21NO3S/c1-15-5-3-4-6-17(15)13-21-19(22)14-24-20(23)12-9-16-7-10-18(25-2)11-8-16/h3-12H,13-14H2,1-2H3,(H,21,22)/b12-9+. The predicted molar refractivity (Wildman–Crippen MR) is 101 cm³/mol. The van der Waals surface area contributed by atoms with E-state index in [1.54, 1.807) is 17.8 Å². The minimum absolute atomic E-state index is 0.291. The number of hydrogen-bond donors (Lipinski definition) is 1. The first-order valence-corrected chi connectivity index (χ1v) is 9.11. The first kappa shape index (κ1) is 18.8. The molecule has 25 heavy (non-hydrogen) atoms. The van der Waals surface area contributed by atoms with Crippen molar-refractivity contribution >= 4 is 29.7 Å². The van der Waals surface area contributed by atoms with Crippen molar-refractivity contribution in [2.75, 3.05) is 12.9 Å². The quantitative estimate of drug-likeness (QED) is 0.468. The van der Waals surface area contributed by atoms with Gasteiger partial charge in [-0.05, 0) is 48.1 Å². The van der Waals surface area contributed by atoms with E-state index in [-0.39, 0.29) is 12.5 Å². The van der Waals surface area contributed by atoms with Crippen LogP contribution in [0.25, 0.3) is 6.08 Å². The number of carbonyl (C=O) groups is 2. The molecule has 0 fully saturated rings. The van der Waals surface area contributed by atoms with Gasteiger partial charge >= 0.3 is 5.97 Å². The fraction of sp³-hybridized carbons (Fsp3) is 0.200. The van der Waals surface area contributed by atoms with Crippen molar-refractivity contribution in [3.05, 3.63) is 71.3 Å². The van der Waals surface area contributed by atoms with E-state index in [0.717, 1.165) is 21.6 Å². The molecule has 2 rings (SSSR count). The predicted octanol–water partition coefficient (Wildman–Crippen LogP) is 3.59. The maximum atomic E-state index is 11.8. The lowest BCUT2D eigenvalue weighted by Gasteiger charge is -2.07. The van der Waals surface area contributed by atoms with Gasteiger partial charge in [0.15, 0.2) is 6.61 Å². The van der Waals surface area contributed by atoms with Crippen molar-refractivity contribution in [2.24, 2.45) is 0 Å². The normalized spacial score (nSPS) is 10.6. The zero-order chi connectivity index (χ0) is 18.1. The smallest absolute Gasteiger partial charge is 0.331 e. The molecule has 0 heterocycles. The number of amides is 1. The molecule has 0 saturated heterocycles. The Morgan fingerprint density at radius 1 is 1.12 bits per heavy atom. The first-order valence-electron chi connectivity index (χ1n) is 7.88. The Kier molecular flexibility index (Phi) is 7.29. The maximum Gasteiger partial charge on any atom is 0.331 e. The van der Waals surface area contributed by atoms with Crippen LogP contribution < -0.4 is 5.32 Å². The molecule has 0 aliphatic heterocycles. The second kappa shape index (κ2) is 9.69. The number of aryl methyl sites for hydroxylation is 1. The zero-order valence-electron chi connectivity index (χ0n) is 14.3. The Morgan fingerprint density at radius 2 is 1.84 bits per heavy atom. The molecule has 0 atom stereocenters. The minimum Gasteiger partial charge on any atom is -0.452 e. The third-order valence-electron chi connectivity index (χ3n) is 3.61. The highest BCUT2D eigenvalue weighted by Gasteiger charge is 2.05. The molecule has 0 aromatic heterocycles. The molecule has 1 amide bonds. The van der Waals surface area contributed by atoms with Gasteiger partial charge in [-0.15, -0.1) is 11.8 Å². The number of thioether (sulfide) groups is 1. The Labute approximate surface area is 152 Å². The van der Waals surface area contributed by atoms with Crippen LogP contribution in [0.15, 0.2) is 59.5 Å². The lowest BCUT2D eigenvalue weighted by Crippen LogP contribution is -2.28. The van der Waals surface area contributed by atoms with E-state index in [9.17, 15) is 9.59 Å². The zero-order valence-corrected chi connectivity index (χ0v) is 15.1. The van der Waals surface area contributed by atoms with E-state index in [4.69, 9.17) is 4.74 Å². The molecule has 0 saturated carbocycles. The lowest BCUT2D eigenvalue weighted by atomic mass is 10.1. The molecule has 2 aromatic rings. The molecule has 0 aliphatic carbocycles. The fourth-order valence-electron chi connectivity index (χ4n) is 2.12. The third kappa shape index (κ3) is 6.47. The molecule has 0 aliphatic rings. The second-order valence-corrected chi connectivity index (χ2v) is 6.30. The molecule has 0 unspecified atom stereocenters. The van der Waals surface area contributed by atoms with Gasteiger partial charge in [0.25, 0.3) is 5.91 Å². The number of esters is 1. The summed E-state index contributed by atoms with van der Waals surface area (Å²) in [5.41, 5.74) is 3.05. The fourth-order valence-corrected chi connectivity index (χ4v) is 2.53. The molecule has 2 aromatic carbocycles. The number of rotatable bonds is 7. The summed E-state index contributed by atoms with van der Waals surface area (Å²) in [7, 11) is 0. The summed E-state index contributed by atoms with van der Waals surface area (Å²) in [6.07, 6.45) is 4.99. The monoisotopic (exact) mass is 355 g/mol. The van der Waals surface area contributed by atoms with Crippen molar-refractivity contribution in [1.29, 1.82) is 0 Å². The minimum atomic E-state index is -0.542. The van der Waals surface area contributed by atoms with Crippen LogP contribution in [-0.2, 0) is 20.9 Å². The van der Waals surface area contributed by atoms with E-state index in [1.165, 1.54) is 6.08 Å². The van der Waals surface area contributed by atoms with Gasteiger partial charge in [0, 0.05) is 17.5 Å². The van der Waals surface area contributed by atoms with E-state index in [0.29, 0.717) is 6.54 Å². The van der Waals surface area contributed by atoms with E-state index in [1.807, 2.05) is 61.7 Å². The van der Waals surface area contributed by atoms with Crippen LogP contribution >= 0.6 is 11.8 Å². The summed E-state index contributed by atoms with van der Waals surface area (Å²) in [5, 5.41) is 2.74. The molecule has 0 bridgehead atoms. The molecule has 1 N–H and O–H groups in total. The molecule has 5 heteroatoms. The van der Waals surface area contributed by atoms with Crippen molar-refractivity contribution in [2.45, 2.75) is 18.4 Å². The average molecular weight is 355 g/mol. The second-order valence-electron chi connectivity index (χ2n) is 5.42. The Balaban J connectivity index is 1.74. The van der Waals surface area contributed by atoms with Gasteiger partial charge in [-0.2, -0.15) is 0 Å². The van der Waals surface area contributed by atoms with Crippen molar-refractivity contribution in [1.82, 2.24) is 5.32 Å². The van der Waals surface area contributed by atoms with Crippen LogP contribution in [0.5, 0.6) is 0 Å².